The van der Waals surface area contributed by atoms with Gasteiger partial charge in [0.1, 0.15) is 11.5 Å². The summed E-state index contributed by atoms with van der Waals surface area (Å²) in [6, 6.07) is 12.3. The molecule has 0 saturated heterocycles. The molecule has 120 valence electrons. The fraction of sp³-hybridized carbons (Fsp3) is 0.125. The Hall–Kier alpha value is -2.05. The van der Waals surface area contributed by atoms with Crippen LogP contribution in [0.1, 0.15) is 5.56 Å². The predicted octanol–water partition coefficient (Wildman–Crippen LogP) is 3.64. The van der Waals surface area contributed by atoms with E-state index >= 15 is 0 Å². The first-order valence-corrected chi connectivity index (χ1v) is 7.79. The van der Waals surface area contributed by atoms with E-state index in [1.165, 1.54) is 6.21 Å². The second kappa shape index (κ2) is 8.55. The number of hydrogen-bond acceptors (Lipinski definition) is 4. The van der Waals surface area contributed by atoms with Crippen LogP contribution in [0.4, 0.5) is 0 Å². The molecule has 1 amide bonds. The average molecular weight is 398 g/mol. The van der Waals surface area contributed by atoms with Crippen LogP contribution in [0.2, 0.25) is 5.02 Å². The van der Waals surface area contributed by atoms with Crippen molar-refractivity contribution >= 4 is 39.7 Å². The number of amides is 1. The van der Waals surface area contributed by atoms with E-state index in [0.29, 0.717) is 16.5 Å². The van der Waals surface area contributed by atoms with Crippen molar-refractivity contribution in [2.75, 3.05) is 13.7 Å². The maximum atomic E-state index is 11.7. The van der Waals surface area contributed by atoms with E-state index in [1.54, 1.807) is 37.4 Å². The van der Waals surface area contributed by atoms with E-state index in [-0.39, 0.29) is 12.5 Å². The highest BCUT2D eigenvalue weighted by Crippen LogP contribution is 2.21. The molecular weight excluding hydrogens is 384 g/mol. The molecule has 0 radical (unpaired) electrons. The summed E-state index contributed by atoms with van der Waals surface area (Å²) < 4.78 is 11.4. The van der Waals surface area contributed by atoms with Crippen LogP contribution in [0.25, 0.3) is 0 Å². The van der Waals surface area contributed by atoms with Gasteiger partial charge < -0.3 is 9.47 Å². The number of hydrazone groups is 1. The van der Waals surface area contributed by atoms with Gasteiger partial charge in [0, 0.05) is 15.1 Å². The fourth-order valence-electron chi connectivity index (χ4n) is 1.72. The molecule has 0 aliphatic rings. The highest BCUT2D eigenvalue weighted by atomic mass is 79.9. The molecule has 7 heteroatoms. The van der Waals surface area contributed by atoms with Crippen molar-refractivity contribution < 1.29 is 14.3 Å². The monoisotopic (exact) mass is 396 g/mol. The first-order chi connectivity index (χ1) is 11.1. The lowest BCUT2D eigenvalue weighted by Gasteiger charge is -2.06. The summed E-state index contributed by atoms with van der Waals surface area (Å²) >= 11 is 9.20. The molecule has 0 atom stereocenters. The number of nitrogens with one attached hydrogen (secondary N) is 1. The van der Waals surface area contributed by atoms with E-state index < -0.39 is 0 Å². The number of rotatable bonds is 6. The number of carbonyl (C=O) groups excluding carboxylic acids is 1. The van der Waals surface area contributed by atoms with Gasteiger partial charge in [-0.25, -0.2) is 5.43 Å². The molecule has 0 aliphatic heterocycles. The number of carbonyl (C=O) groups is 1. The van der Waals surface area contributed by atoms with Crippen LogP contribution < -0.4 is 14.9 Å². The van der Waals surface area contributed by atoms with Crippen LogP contribution in [0.15, 0.2) is 52.0 Å². The maximum Gasteiger partial charge on any atom is 0.277 e. The van der Waals surface area contributed by atoms with Crippen molar-refractivity contribution in [3.63, 3.8) is 0 Å². The summed E-state index contributed by atoms with van der Waals surface area (Å²) in [6.45, 7) is -0.159. The number of nitrogens with zero attached hydrogens (tertiary/aromatic N) is 1. The minimum absolute atomic E-state index is 0.159. The zero-order chi connectivity index (χ0) is 16.7. The van der Waals surface area contributed by atoms with E-state index in [4.69, 9.17) is 21.1 Å². The summed E-state index contributed by atoms with van der Waals surface area (Å²) in [6.07, 6.45) is 1.50. The standard InChI is InChI=1S/C16H14BrClN2O3/c1-22-15-6-5-12(17)7-11(15)9-19-20-16(21)10-23-14-4-2-3-13(18)8-14/h2-9H,10H2,1H3,(H,20,21)/b19-9+. The Balaban J connectivity index is 1.88. The van der Waals surface area contributed by atoms with Crippen molar-refractivity contribution in [1.82, 2.24) is 5.43 Å². The normalized spacial score (nSPS) is 10.6. The van der Waals surface area contributed by atoms with E-state index in [2.05, 4.69) is 26.5 Å². The zero-order valence-electron chi connectivity index (χ0n) is 12.3. The molecule has 0 fully saturated rings. The predicted molar refractivity (Wildman–Crippen MR) is 93.4 cm³/mol. The second-order valence-electron chi connectivity index (χ2n) is 4.43. The molecule has 5 nitrogen and oxygen atoms in total. The molecule has 0 unspecified atom stereocenters. The first kappa shape index (κ1) is 17.3. The van der Waals surface area contributed by atoms with Crippen LogP contribution in [0.3, 0.4) is 0 Å². The molecule has 0 saturated carbocycles. The minimum Gasteiger partial charge on any atom is -0.496 e. The summed E-state index contributed by atoms with van der Waals surface area (Å²) in [5, 5.41) is 4.43. The van der Waals surface area contributed by atoms with Crippen LogP contribution in [-0.4, -0.2) is 25.8 Å². The van der Waals surface area contributed by atoms with Gasteiger partial charge in [-0.15, -0.1) is 0 Å². The molecule has 0 aliphatic carbocycles. The van der Waals surface area contributed by atoms with Crippen molar-refractivity contribution in [3.05, 3.63) is 57.5 Å². The maximum absolute atomic E-state index is 11.7. The number of hydrogen-bond donors (Lipinski definition) is 1. The quantitative estimate of drug-likeness (QED) is 0.598. The van der Waals surface area contributed by atoms with E-state index in [9.17, 15) is 4.79 Å². The number of benzene rings is 2. The van der Waals surface area contributed by atoms with E-state index in [0.717, 1.165) is 10.0 Å². The lowest BCUT2D eigenvalue weighted by Crippen LogP contribution is -2.24. The summed E-state index contributed by atoms with van der Waals surface area (Å²) in [5.41, 5.74) is 3.12. The van der Waals surface area contributed by atoms with Crippen molar-refractivity contribution in [1.29, 1.82) is 0 Å². The topological polar surface area (TPSA) is 59.9 Å². The molecule has 1 N–H and O–H groups in total. The zero-order valence-corrected chi connectivity index (χ0v) is 14.6. The largest absolute Gasteiger partial charge is 0.496 e. The molecule has 2 rings (SSSR count). The summed E-state index contributed by atoms with van der Waals surface area (Å²) in [7, 11) is 1.57. The van der Waals surface area contributed by atoms with Gasteiger partial charge in [0.05, 0.1) is 13.3 Å². The van der Waals surface area contributed by atoms with Crippen LogP contribution in [0, 0.1) is 0 Å². The van der Waals surface area contributed by atoms with Gasteiger partial charge in [0.15, 0.2) is 6.61 Å². The average Bonchev–Trinajstić information content (AvgIpc) is 2.53. The molecular formula is C16H14BrClN2O3. The first-order valence-electron chi connectivity index (χ1n) is 6.62. The Morgan fingerprint density at radius 1 is 1.35 bits per heavy atom. The summed E-state index contributed by atoms with van der Waals surface area (Å²) in [5.74, 6) is 0.793. The molecule has 23 heavy (non-hydrogen) atoms. The summed E-state index contributed by atoms with van der Waals surface area (Å²) in [4.78, 5) is 11.7. The Labute approximate surface area is 147 Å². The smallest absolute Gasteiger partial charge is 0.277 e. The highest BCUT2D eigenvalue weighted by molar-refractivity contribution is 9.10. The van der Waals surface area contributed by atoms with Crippen LogP contribution in [0.5, 0.6) is 11.5 Å². The van der Waals surface area contributed by atoms with Gasteiger partial charge >= 0.3 is 0 Å². The van der Waals surface area contributed by atoms with Gasteiger partial charge in [-0.05, 0) is 36.4 Å². The lowest BCUT2D eigenvalue weighted by molar-refractivity contribution is -0.123. The molecule has 0 heterocycles. The molecule has 0 bridgehead atoms. The Kier molecular flexibility index (Phi) is 6.43. The van der Waals surface area contributed by atoms with Gasteiger partial charge in [0.2, 0.25) is 0 Å². The van der Waals surface area contributed by atoms with Crippen LogP contribution in [-0.2, 0) is 4.79 Å². The lowest BCUT2D eigenvalue weighted by atomic mass is 10.2. The van der Waals surface area contributed by atoms with Crippen molar-refractivity contribution in [2.45, 2.75) is 0 Å². The SMILES string of the molecule is COc1ccc(Br)cc1/C=N/NC(=O)COc1cccc(Cl)c1. The molecule has 2 aromatic carbocycles. The number of ether oxygens (including phenoxy) is 2. The Morgan fingerprint density at radius 3 is 2.91 bits per heavy atom. The third-order valence-corrected chi connectivity index (χ3v) is 3.48. The third kappa shape index (κ3) is 5.58. The number of halogens is 2. The molecule has 2 aromatic rings. The fourth-order valence-corrected chi connectivity index (χ4v) is 2.28. The van der Waals surface area contributed by atoms with Crippen LogP contribution >= 0.6 is 27.5 Å². The molecule has 0 aromatic heterocycles. The van der Waals surface area contributed by atoms with Gasteiger partial charge in [0.25, 0.3) is 5.91 Å². The van der Waals surface area contributed by atoms with Gasteiger partial charge in [-0.3, -0.25) is 4.79 Å². The van der Waals surface area contributed by atoms with Crippen molar-refractivity contribution in [3.8, 4) is 11.5 Å². The van der Waals surface area contributed by atoms with Gasteiger partial charge in [-0.2, -0.15) is 5.10 Å². The van der Waals surface area contributed by atoms with Crippen molar-refractivity contribution in [2.24, 2.45) is 5.10 Å². The Bertz CT molecular complexity index is 722. The molecule has 0 spiro atoms. The minimum atomic E-state index is -0.379. The Morgan fingerprint density at radius 2 is 2.17 bits per heavy atom. The van der Waals surface area contributed by atoms with E-state index in [1.807, 2.05) is 12.1 Å². The van der Waals surface area contributed by atoms with Gasteiger partial charge in [-0.1, -0.05) is 33.6 Å². The second-order valence-corrected chi connectivity index (χ2v) is 5.78. The highest BCUT2D eigenvalue weighted by Gasteiger charge is 2.03. The number of methoxy groups -OCH3 is 1. The third-order valence-electron chi connectivity index (χ3n) is 2.75.